The molecular weight excluding hydrogens is 182 g/mol. The van der Waals surface area contributed by atoms with Crippen LogP contribution in [0.4, 0.5) is 0 Å². The quantitative estimate of drug-likeness (QED) is 0.746. The zero-order valence-electron chi connectivity index (χ0n) is 8.93. The molecule has 0 aromatic heterocycles. The number of hydrogen-bond acceptors (Lipinski definition) is 3. The molecule has 0 aliphatic carbocycles. The second kappa shape index (κ2) is 4.20. The van der Waals surface area contributed by atoms with Gasteiger partial charge in [-0.25, -0.2) is 0 Å². The summed E-state index contributed by atoms with van der Waals surface area (Å²) in [6.07, 6.45) is 2.21. The Morgan fingerprint density at radius 1 is 1.31 bits per heavy atom. The maximum Gasteiger partial charge on any atom is 0.0479 e. The SMILES string of the molecule is CC(C)(C)SC1(CN)CCOCC1. The standard InChI is InChI=1S/C10H21NOS/c1-9(2,3)13-10(8-11)4-6-12-7-5-10/h4-8,11H2,1-3H3. The summed E-state index contributed by atoms with van der Waals surface area (Å²) in [6.45, 7) is 9.29. The molecule has 3 heteroatoms. The van der Waals surface area contributed by atoms with Gasteiger partial charge >= 0.3 is 0 Å². The van der Waals surface area contributed by atoms with E-state index >= 15 is 0 Å². The fraction of sp³-hybridized carbons (Fsp3) is 1.00. The zero-order chi connectivity index (χ0) is 9.95. The van der Waals surface area contributed by atoms with Gasteiger partial charge in [0, 0.05) is 29.3 Å². The lowest BCUT2D eigenvalue weighted by Gasteiger charge is -2.40. The minimum Gasteiger partial charge on any atom is -0.381 e. The Balaban J connectivity index is 2.57. The average Bonchev–Trinajstić information content (AvgIpc) is 2.03. The third kappa shape index (κ3) is 3.49. The van der Waals surface area contributed by atoms with Crippen molar-refractivity contribution in [1.29, 1.82) is 0 Å². The summed E-state index contributed by atoms with van der Waals surface area (Å²) in [5, 5.41) is 0. The molecule has 1 rings (SSSR count). The number of thioether (sulfide) groups is 1. The second-order valence-electron chi connectivity index (χ2n) is 4.71. The van der Waals surface area contributed by atoms with Gasteiger partial charge in [0.15, 0.2) is 0 Å². The molecule has 0 aromatic rings. The molecule has 0 bridgehead atoms. The van der Waals surface area contributed by atoms with Gasteiger partial charge in [-0.1, -0.05) is 20.8 Å². The zero-order valence-corrected chi connectivity index (χ0v) is 9.75. The highest BCUT2D eigenvalue weighted by Crippen LogP contribution is 2.42. The van der Waals surface area contributed by atoms with Crippen LogP contribution in [0.1, 0.15) is 33.6 Å². The van der Waals surface area contributed by atoms with Crippen LogP contribution in [0, 0.1) is 0 Å². The molecule has 0 unspecified atom stereocenters. The third-order valence-corrected chi connectivity index (χ3v) is 3.92. The van der Waals surface area contributed by atoms with Crippen molar-refractivity contribution in [2.75, 3.05) is 19.8 Å². The highest BCUT2D eigenvalue weighted by molar-refractivity contribution is 8.02. The Kier molecular flexibility index (Phi) is 3.66. The summed E-state index contributed by atoms with van der Waals surface area (Å²) in [7, 11) is 0. The van der Waals surface area contributed by atoms with Gasteiger partial charge in [-0.05, 0) is 12.8 Å². The van der Waals surface area contributed by atoms with E-state index in [1.165, 1.54) is 0 Å². The van der Waals surface area contributed by atoms with Crippen LogP contribution in [0.25, 0.3) is 0 Å². The van der Waals surface area contributed by atoms with Gasteiger partial charge < -0.3 is 10.5 Å². The van der Waals surface area contributed by atoms with Crippen molar-refractivity contribution in [3.05, 3.63) is 0 Å². The van der Waals surface area contributed by atoms with Crippen LogP contribution in [0.5, 0.6) is 0 Å². The molecule has 1 fully saturated rings. The largest absolute Gasteiger partial charge is 0.381 e. The van der Waals surface area contributed by atoms with Gasteiger partial charge in [-0.2, -0.15) is 0 Å². The van der Waals surface area contributed by atoms with Gasteiger partial charge in [0.25, 0.3) is 0 Å². The molecular formula is C10H21NOS. The molecule has 0 amide bonds. The molecule has 1 saturated heterocycles. The minimum absolute atomic E-state index is 0.274. The Hall–Kier alpha value is 0.270. The smallest absolute Gasteiger partial charge is 0.0479 e. The van der Waals surface area contributed by atoms with Crippen LogP contribution >= 0.6 is 11.8 Å². The first-order chi connectivity index (χ1) is 5.97. The minimum atomic E-state index is 0.274. The molecule has 0 spiro atoms. The average molecular weight is 203 g/mol. The molecule has 78 valence electrons. The van der Waals surface area contributed by atoms with Crippen molar-refractivity contribution in [3.63, 3.8) is 0 Å². The monoisotopic (exact) mass is 203 g/mol. The summed E-state index contributed by atoms with van der Waals surface area (Å²) in [6, 6.07) is 0. The van der Waals surface area contributed by atoms with E-state index in [0.717, 1.165) is 32.6 Å². The number of hydrogen-bond donors (Lipinski definition) is 1. The first-order valence-electron chi connectivity index (χ1n) is 4.95. The fourth-order valence-corrected chi connectivity index (χ4v) is 3.49. The molecule has 1 heterocycles. The van der Waals surface area contributed by atoms with Crippen molar-refractivity contribution < 1.29 is 4.74 Å². The lowest BCUT2D eigenvalue weighted by molar-refractivity contribution is 0.0789. The second-order valence-corrected chi connectivity index (χ2v) is 7.01. The molecule has 0 radical (unpaired) electrons. The molecule has 2 N–H and O–H groups in total. The van der Waals surface area contributed by atoms with E-state index in [0.29, 0.717) is 4.75 Å². The summed E-state index contributed by atoms with van der Waals surface area (Å²) >= 11 is 2.02. The highest BCUT2D eigenvalue weighted by atomic mass is 32.2. The predicted molar refractivity (Wildman–Crippen MR) is 59.2 cm³/mol. The van der Waals surface area contributed by atoms with Crippen molar-refractivity contribution in [2.24, 2.45) is 5.73 Å². The van der Waals surface area contributed by atoms with E-state index in [-0.39, 0.29) is 4.75 Å². The Morgan fingerprint density at radius 3 is 2.23 bits per heavy atom. The number of rotatable bonds is 2. The molecule has 13 heavy (non-hydrogen) atoms. The molecule has 0 atom stereocenters. The first kappa shape index (κ1) is 11.3. The van der Waals surface area contributed by atoms with Crippen molar-refractivity contribution in [2.45, 2.75) is 43.1 Å². The Bertz CT molecular complexity index is 159. The maximum atomic E-state index is 5.87. The van der Waals surface area contributed by atoms with E-state index in [1.807, 2.05) is 11.8 Å². The van der Waals surface area contributed by atoms with Crippen LogP contribution in [0.15, 0.2) is 0 Å². The van der Waals surface area contributed by atoms with Crippen LogP contribution in [-0.4, -0.2) is 29.3 Å². The fourth-order valence-electron chi connectivity index (χ4n) is 1.74. The lowest BCUT2D eigenvalue weighted by atomic mass is 9.99. The van der Waals surface area contributed by atoms with Crippen LogP contribution in [0.2, 0.25) is 0 Å². The van der Waals surface area contributed by atoms with E-state index in [1.54, 1.807) is 0 Å². The summed E-state index contributed by atoms with van der Waals surface area (Å²) in [5.74, 6) is 0. The van der Waals surface area contributed by atoms with Crippen molar-refractivity contribution >= 4 is 11.8 Å². The molecule has 0 aromatic carbocycles. The predicted octanol–water partition coefficient (Wildman–Crippen LogP) is 2.03. The van der Waals surface area contributed by atoms with E-state index in [9.17, 15) is 0 Å². The van der Waals surface area contributed by atoms with E-state index < -0.39 is 0 Å². The van der Waals surface area contributed by atoms with Crippen LogP contribution < -0.4 is 5.73 Å². The Labute approximate surface area is 85.6 Å². The van der Waals surface area contributed by atoms with E-state index in [2.05, 4.69) is 20.8 Å². The topological polar surface area (TPSA) is 35.2 Å². The van der Waals surface area contributed by atoms with Gasteiger partial charge in [0.2, 0.25) is 0 Å². The number of ether oxygens (including phenoxy) is 1. The summed E-state index contributed by atoms with van der Waals surface area (Å²) in [4.78, 5) is 0. The van der Waals surface area contributed by atoms with Crippen molar-refractivity contribution in [3.8, 4) is 0 Å². The van der Waals surface area contributed by atoms with Crippen LogP contribution in [-0.2, 0) is 4.74 Å². The first-order valence-corrected chi connectivity index (χ1v) is 5.77. The molecule has 0 saturated carbocycles. The molecule has 1 aliphatic rings. The van der Waals surface area contributed by atoms with Gasteiger partial charge in [0.05, 0.1) is 0 Å². The molecule has 2 nitrogen and oxygen atoms in total. The third-order valence-electron chi connectivity index (χ3n) is 2.30. The van der Waals surface area contributed by atoms with Gasteiger partial charge in [-0.15, -0.1) is 11.8 Å². The van der Waals surface area contributed by atoms with Gasteiger partial charge in [0.1, 0.15) is 0 Å². The number of nitrogens with two attached hydrogens (primary N) is 1. The van der Waals surface area contributed by atoms with Crippen molar-refractivity contribution in [1.82, 2.24) is 0 Å². The highest BCUT2D eigenvalue weighted by Gasteiger charge is 2.35. The normalized spacial score (nSPS) is 23.1. The van der Waals surface area contributed by atoms with E-state index in [4.69, 9.17) is 10.5 Å². The molecule has 1 aliphatic heterocycles. The summed E-state index contributed by atoms with van der Waals surface area (Å²) in [5.41, 5.74) is 5.87. The summed E-state index contributed by atoms with van der Waals surface area (Å²) < 4.78 is 5.95. The van der Waals surface area contributed by atoms with Gasteiger partial charge in [-0.3, -0.25) is 0 Å². The van der Waals surface area contributed by atoms with Crippen LogP contribution in [0.3, 0.4) is 0 Å². The maximum absolute atomic E-state index is 5.87. The lowest BCUT2D eigenvalue weighted by Crippen LogP contribution is -2.42. The Morgan fingerprint density at radius 2 is 1.85 bits per heavy atom.